The molecule has 0 aromatic heterocycles. The molecule has 138 valence electrons. The van der Waals surface area contributed by atoms with Gasteiger partial charge >= 0.3 is 0 Å². The molecule has 9 heteroatoms. The van der Waals surface area contributed by atoms with Crippen molar-refractivity contribution in [3.05, 3.63) is 58.8 Å². The van der Waals surface area contributed by atoms with Crippen LogP contribution in [0.5, 0.6) is 11.5 Å². The van der Waals surface area contributed by atoms with Crippen LogP contribution in [0.4, 0.5) is 14.9 Å². The fraction of sp³-hybridized carbons (Fsp3) is 0.0556. The van der Waals surface area contributed by atoms with Gasteiger partial charge in [0, 0.05) is 5.69 Å². The Hall–Kier alpha value is -3.33. The Labute approximate surface area is 157 Å². The predicted octanol–water partition coefficient (Wildman–Crippen LogP) is 2.91. The second kappa shape index (κ2) is 7.50. The molecule has 1 aliphatic heterocycles. The van der Waals surface area contributed by atoms with Crippen LogP contribution in [0.25, 0.3) is 6.08 Å². The number of hydrogen-bond donors (Lipinski definition) is 3. The molecule has 0 unspecified atom stereocenters. The van der Waals surface area contributed by atoms with Gasteiger partial charge in [0.25, 0.3) is 11.1 Å². The highest BCUT2D eigenvalue weighted by molar-refractivity contribution is 8.18. The SMILES string of the molecule is O=C(CN1C(=O)SC(=Cc2ccc(O)c(O)c2)C1=O)Nc1ccc(F)cc1. The number of rotatable bonds is 4. The molecule has 27 heavy (non-hydrogen) atoms. The lowest BCUT2D eigenvalue weighted by atomic mass is 10.2. The third kappa shape index (κ3) is 4.26. The number of aromatic hydroxyl groups is 2. The molecule has 0 atom stereocenters. The number of phenols is 2. The van der Waals surface area contributed by atoms with Crippen LogP contribution in [0, 0.1) is 5.82 Å². The Bertz CT molecular complexity index is 959. The topological polar surface area (TPSA) is 107 Å². The molecule has 0 saturated carbocycles. The van der Waals surface area contributed by atoms with Crippen LogP contribution in [0.1, 0.15) is 5.56 Å². The number of amides is 3. The number of nitrogens with one attached hydrogen (secondary N) is 1. The Kier molecular flexibility index (Phi) is 5.13. The molecule has 3 rings (SSSR count). The van der Waals surface area contributed by atoms with Crippen molar-refractivity contribution < 1.29 is 29.0 Å². The summed E-state index contributed by atoms with van der Waals surface area (Å²) < 4.78 is 12.9. The standard InChI is InChI=1S/C18H13FN2O5S/c19-11-2-4-12(5-3-11)20-16(24)9-21-17(25)15(27-18(21)26)8-10-1-6-13(22)14(23)7-10/h1-8,22-23H,9H2,(H,20,24). The Morgan fingerprint density at radius 3 is 2.48 bits per heavy atom. The zero-order valence-electron chi connectivity index (χ0n) is 13.7. The molecule has 0 radical (unpaired) electrons. The van der Waals surface area contributed by atoms with Crippen molar-refractivity contribution in [2.45, 2.75) is 0 Å². The number of imide groups is 1. The lowest BCUT2D eigenvalue weighted by molar-refractivity contribution is -0.127. The second-order valence-corrected chi connectivity index (χ2v) is 6.56. The maximum absolute atomic E-state index is 12.9. The highest BCUT2D eigenvalue weighted by Gasteiger charge is 2.36. The second-order valence-electron chi connectivity index (χ2n) is 5.57. The van der Waals surface area contributed by atoms with Gasteiger partial charge in [0.05, 0.1) is 4.91 Å². The summed E-state index contributed by atoms with van der Waals surface area (Å²) in [5, 5.41) is 20.7. The van der Waals surface area contributed by atoms with Gasteiger partial charge in [0.15, 0.2) is 11.5 Å². The highest BCUT2D eigenvalue weighted by Crippen LogP contribution is 2.33. The summed E-state index contributed by atoms with van der Waals surface area (Å²) in [6.07, 6.45) is 1.38. The van der Waals surface area contributed by atoms with Crippen molar-refractivity contribution in [1.82, 2.24) is 4.90 Å². The number of thioether (sulfide) groups is 1. The molecule has 1 fully saturated rings. The van der Waals surface area contributed by atoms with Crippen molar-refractivity contribution >= 4 is 40.6 Å². The lowest BCUT2D eigenvalue weighted by Gasteiger charge is -2.12. The normalized spacial score (nSPS) is 15.4. The molecule has 1 aliphatic rings. The number of benzene rings is 2. The molecule has 1 saturated heterocycles. The van der Waals surface area contributed by atoms with Gasteiger partial charge in [-0.15, -0.1) is 0 Å². The van der Waals surface area contributed by atoms with Gasteiger partial charge in [0.2, 0.25) is 5.91 Å². The van der Waals surface area contributed by atoms with E-state index in [4.69, 9.17) is 0 Å². The van der Waals surface area contributed by atoms with Crippen molar-refractivity contribution in [2.75, 3.05) is 11.9 Å². The predicted molar refractivity (Wildman–Crippen MR) is 97.5 cm³/mol. The number of carbonyl (C=O) groups excluding carboxylic acids is 3. The molecular weight excluding hydrogens is 375 g/mol. The van der Waals surface area contributed by atoms with Crippen molar-refractivity contribution in [3.8, 4) is 11.5 Å². The summed E-state index contributed by atoms with van der Waals surface area (Å²) in [4.78, 5) is 37.3. The van der Waals surface area contributed by atoms with Gasteiger partial charge in [-0.25, -0.2) is 4.39 Å². The van der Waals surface area contributed by atoms with E-state index in [2.05, 4.69) is 5.32 Å². The first-order valence-corrected chi connectivity index (χ1v) is 8.48. The van der Waals surface area contributed by atoms with Crippen LogP contribution < -0.4 is 5.32 Å². The van der Waals surface area contributed by atoms with E-state index < -0.39 is 29.4 Å². The van der Waals surface area contributed by atoms with Crippen molar-refractivity contribution in [1.29, 1.82) is 0 Å². The maximum atomic E-state index is 12.9. The lowest BCUT2D eigenvalue weighted by Crippen LogP contribution is -2.36. The van der Waals surface area contributed by atoms with E-state index in [0.29, 0.717) is 23.0 Å². The number of phenolic OH excluding ortho intramolecular Hbond substituents is 2. The van der Waals surface area contributed by atoms with E-state index in [0.717, 1.165) is 4.90 Å². The van der Waals surface area contributed by atoms with Gasteiger partial charge in [-0.1, -0.05) is 6.07 Å². The maximum Gasteiger partial charge on any atom is 0.294 e. The minimum absolute atomic E-state index is 0.0830. The van der Waals surface area contributed by atoms with Gasteiger partial charge in [-0.3, -0.25) is 19.3 Å². The van der Waals surface area contributed by atoms with Crippen molar-refractivity contribution in [3.63, 3.8) is 0 Å². The largest absolute Gasteiger partial charge is 0.504 e. The number of halogens is 1. The van der Waals surface area contributed by atoms with E-state index in [-0.39, 0.29) is 16.4 Å². The minimum Gasteiger partial charge on any atom is -0.504 e. The fourth-order valence-electron chi connectivity index (χ4n) is 2.30. The monoisotopic (exact) mass is 388 g/mol. The average Bonchev–Trinajstić information content (AvgIpc) is 2.87. The Balaban J connectivity index is 1.70. The van der Waals surface area contributed by atoms with E-state index in [9.17, 15) is 29.0 Å². The van der Waals surface area contributed by atoms with E-state index >= 15 is 0 Å². The van der Waals surface area contributed by atoms with E-state index in [1.807, 2.05) is 0 Å². The van der Waals surface area contributed by atoms with Crippen molar-refractivity contribution in [2.24, 2.45) is 0 Å². The Morgan fingerprint density at radius 1 is 1.11 bits per heavy atom. The van der Waals surface area contributed by atoms with E-state index in [1.54, 1.807) is 0 Å². The van der Waals surface area contributed by atoms with Gasteiger partial charge < -0.3 is 15.5 Å². The summed E-state index contributed by atoms with van der Waals surface area (Å²) in [5.41, 5.74) is 0.745. The molecule has 3 amide bonds. The van der Waals surface area contributed by atoms with Crippen LogP contribution in [0.3, 0.4) is 0 Å². The van der Waals surface area contributed by atoms with Crippen LogP contribution in [0.2, 0.25) is 0 Å². The highest BCUT2D eigenvalue weighted by atomic mass is 32.2. The first kappa shape index (κ1) is 18.5. The first-order valence-electron chi connectivity index (χ1n) is 7.66. The number of carbonyl (C=O) groups is 3. The zero-order valence-corrected chi connectivity index (χ0v) is 14.5. The molecule has 0 aliphatic carbocycles. The van der Waals surface area contributed by atoms with Crippen LogP contribution in [0.15, 0.2) is 47.4 Å². The molecule has 2 aromatic rings. The molecule has 3 N–H and O–H groups in total. The summed E-state index contributed by atoms with van der Waals surface area (Å²) in [6, 6.07) is 9.02. The van der Waals surface area contributed by atoms with E-state index in [1.165, 1.54) is 48.5 Å². The summed E-state index contributed by atoms with van der Waals surface area (Å²) in [6.45, 7) is -0.486. The third-order valence-electron chi connectivity index (χ3n) is 3.60. The van der Waals surface area contributed by atoms with Gasteiger partial charge in [-0.2, -0.15) is 0 Å². The fourth-order valence-corrected chi connectivity index (χ4v) is 3.13. The molecule has 7 nitrogen and oxygen atoms in total. The summed E-state index contributed by atoms with van der Waals surface area (Å²) in [5.74, 6) is -2.37. The van der Waals surface area contributed by atoms with Gasteiger partial charge in [-0.05, 0) is 59.8 Å². The zero-order chi connectivity index (χ0) is 19.6. The first-order chi connectivity index (χ1) is 12.8. The molecule has 0 bridgehead atoms. The quantitative estimate of drug-likeness (QED) is 0.549. The third-order valence-corrected chi connectivity index (χ3v) is 4.51. The van der Waals surface area contributed by atoms with Gasteiger partial charge in [0.1, 0.15) is 12.4 Å². The number of anilines is 1. The smallest absolute Gasteiger partial charge is 0.294 e. The van der Waals surface area contributed by atoms with Crippen LogP contribution >= 0.6 is 11.8 Å². The van der Waals surface area contributed by atoms with Crippen LogP contribution in [-0.4, -0.2) is 38.7 Å². The molecular formula is C18H13FN2O5S. The molecule has 0 spiro atoms. The van der Waals surface area contributed by atoms with Crippen LogP contribution in [-0.2, 0) is 9.59 Å². The molecule has 1 heterocycles. The number of nitrogens with zero attached hydrogens (tertiary/aromatic N) is 1. The average molecular weight is 388 g/mol. The number of hydrogen-bond acceptors (Lipinski definition) is 6. The Morgan fingerprint density at radius 2 is 1.81 bits per heavy atom. The molecule has 2 aromatic carbocycles. The summed E-state index contributed by atoms with van der Waals surface area (Å²) >= 11 is 0.662. The minimum atomic E-state index is -0.646. The summed E-state index contributed by atoms with van der Waals surface area (Å²) in [7, 11) is 0.